The minimum absolute atomic E-state index is 0.834. The van der Waals surface area contributed by atoms with Gasteiger partial charge in [-0.2, -0.15) is 0 Å². The molecular weight excluding hydrogens is 520 g/mol. The van der Waals surface area contributed by atoms with E-state index in [1.807, 2.05) is 6.07 Å². The molecule has 42 heavy (non-hydrogen) atoms. The first kappa shape index (κ1) is 25.7. The molecule has 5 aromatic carbocycles. The highest BCUT2D eigenvalue weighted by atomic mass is 17.2. The van der Waals surface area contributed by atoms with E-state index in [-0.39, 0.29) is 0 Å². The maximum absolute atomic E-state index is 4.62. The monoisotopic (exact) mass is 548 g/mol. The topological polar surface area (TPSA) is 53.6 Å². The second-order valence-corrected chi connectivity index (χ2v) is 9.92. The summed E-state index contributed by atoms with van der Waals surface area (Å²) in [5.74, 6) is 0.834. The predicted octanol–water partition coefficient (Wildman–Crippen LogP) is 8.51. The molecule has 6 nitrogen and oxygen atoms in total. The van der Waals surface area contributed by atoms with Crippen LogP contribution >= 0.6 is 0 Å². The minimum atomic E-state index is 0.834. The average Bonchev–Trinajstić information content (AvgIpc) is 3.65. The molecule has 3 heterocycles. The van der Waals surface area contributed by atoms with Crippen LogP contribution in [-0.2, 0) is 9.78 Å². The first-order valence-corrected chi connectivity index (χ1v) is 13.8. The molecule has 0 bridgehead atoms. The van der Waals surface area contributed by atoms with E-state index in [4.69, 9.17) is 0 Å². The van der Waals surface area contributed by atoms with Crippen molar-refractivity contribution in [1.29, 1.82) is 0 Å². The van der Waals surface area contributed by atoms with Crippen molar-refractivity contribution in [3.05, 3.63) is 134 Å². The molecule has 8 aromatic rings. The molecular formula is C36H28N4O2. The molecule has 0 N–H and O–H groups in total. The van der Waals surface area contributed by atoms with Gasteiger partial charge in [0.15, 0.2) is 11.5 Å². The maximum atomic E-state index is 4.62. The van der Waals surface area contributed by atoms with Crippen LogP contribution in [0.5, 0.6) is 0 Å². The smallest absolute Gasteiger partial charge is 0.168 e. The Bertz CT molecular complexity index is 2110. The van der Waals surface area contributed by atoms with E-state index in [0.29, 0.717) is 0 Å². The second-order valence-electron chi connectivity index (χ2n) is 9.92. The van der Waals surface area contributed by atoms with Crippen molar-refractivity contribution in [3.8, 4) is 28.2 Å². The predicted molar refractivity (Wildman–Crippen MR) is 170 cm³/mol. The molecule has 6 heteroatoms. The summed E-state index contributed by atoms with van der Waals surface area (Å²) < 4.78 is 4.42. The highest BCUT2D eigenvalue weighted by molar-refractivity contribution is 6.09. The number of hydrogen-bond acceptors (Lipinski definition) is 4. The molecule has 0 unspecified atom stereocenters. The van der Waals surface area contributed by atoms with Crippen molar-refractivity contribution in [2.45, 2.75) is 0 Å². The van der Waals surface area contributed by atoms with Gasteiger partial charge in [0.1, 0.15) is 0 Å². The van der Waals surface area contributed by atoms with Crippen LogP contribution in [0.3, 0.4) is 0 Å². The van der Waals surface area contributed by atoms with Crippen LogP contribution in [0, 0.1) is 0 Å². The van der Waals surface area contributed by atoms with Gasteiger partial charge >= 0.3 is 0 Å². The number of hydrogen-bond donors (Lipinski definition) is 0. The Hall–Kier alpha value is -5.30. The zero-order valence-electron chi connectivity index (χ0n) is 23.3. The molecule has 0 aliphatic carbocycles. The fraction of sp³-hybridized carbons (Fsp3) is 0.0556. The zero-order valence-corrected chi connectivity index (χ0v) is 23.3. The van der Waals surface area contributed by atoms with E-state index in [0.717, 1.165) is 28.1 Å². The number of nitrogens with zero attached hydrogens (tertiary/aromatic N) is 4. The Balaban J connectivity index is 0.000000680. The van der Waals surface area contributed by atoms with Crippen LogP contribution < -0.4 is 0 Å². The number of aromatic nitrogens is 4. The average molecular weight is 549 g/mol. The summed E-state index contributed by atoms with van der Waals surface area (Å²) in [4.78, 5) is 8.08. The number of rotatable bonds is 4. The third kappa shape index (κ3) is 4.30. The van der Waals surface area contributed by atoms with Gasteiger partial charge in [-0.05, 0) is 59.0 Å². The second kappa shape index (κ2) is 10.9. The van der Waals surface area contributed by atoms with Gasteiger partial charge in [0.05, 0.1) is 25.3 Å². The molecule has 0 radical (unpaired) electrons. The van der Waals surface area contributed by atoms with Gasteiger partial charge in [-0.3, -0.25) is 4.40 Å². The van der Waals surface area contributed by atoms with E-state index in [9.17, 15) is 0 Å². The molecule has 3 aromatic heterocycles. The lowest BCUT2D eigenvalue weighted by atomic mass is 9.99. The van der Waals surface area contributed by atoms with Gasteiger partial charge < -0.3 is 4.57 Å². The van der Waals surface area contributed by atoms with Gasteiger partial charge in [-0.1, -0.05) is 84.9 Å². The van der Waals surface area contributed by atoms with Crippen LogP contribution in [-0.4, -0.2) is 33.4 Å². The van der Waals surface area contributed by atoms with Gasteiger partial charge in [0, 0.05) is 33.6 Å². The van der Waals surface area contributed by atoms with E-state index in [2.05, 4.69) is 156 Å². The van der Waals surface area contributed by atoms with E-state index in [1.165, 1.54) is 52.5 Å². The largest absolute Gasteiger partial charge is 0.309 e. The summed E-state index contributed by atoms with van der Waals surface area (Å²) in [5.41, 5.74) is 7.82. The SMILES string of the molecule is COOC.c1ccc(-c2cccc3c2ccn2c(-c4ccc(-n5c6ccccc6c6ccccc65)cc4)nnc32)cc1. The normalized spacial score (nSPS) is 11.3. The fourth-order valence-corrected chi connectivity index (χ4v) is 5.73. The van der Waals surface area contributed by atoms with Crippen LogP contribution in [0.25, 0.3) is 66.4 Å². The lowest BCUT2D eigenvalue weighted by Gasteiger charge is -2.10. The summed E-state index contributed by atoms with van der Waals surface area (Å²) >= 11 is 0. The lowest BCUT2D eigenvalue weighted by Crippen LogP contribution is -1.95. The Kier molecular flexibility index (Phi) is 6.68. The number of benzene rings is 5. The van der Waals surface area contributed by atoms with Crippen molar-refractivity contribution in [3.63, 3.8) is 0 Å². The maximum Gasteiger partial charge on any atom is 0.168 e. The molecule has 0 atom stereocenters. The van der Waals surface area contributed by atoms with Gasteiger partial charge in [-0.25, -0.2) is 9.78 Å². The molecule has 0 spiro atoms. The van der Waals surface area contributed by atoms with Crippen molar-refractivity contribution < 1.29 is 9.78 Å². The first-order chi connectivity index (χ1) is 20.8. The molecule has 0 aliphatic rings. The van der Waals surface area contributed by atoms with Gasteiger partial charge in [0.2, 0.25) is 0 Å². The summed E-state index contributed by atoms with van der Waals surface area (Å²) in [6, 6.07) is 44.8. The Morgan fingerprint density at radius 3 is 1.79 bits per heavy atom. The molecule has 8 rings (SSSR count). The van der Waals surface area contributed by atoms with E-state index in [1.54, 1.807) is 0 Å². The summed E-state index contributed by atoms with van der Waals surface area (Å²) in [7, 11) is 2.92. The van der Waals surface area contributed by atoms with Crippen LogP contribution in [0.4, 0.5) is 0 Å². The number of pyridine rings is 1. The Labute approximate surface area is 242 Å². The van der Waals surface area contributed by atoms with Gasteiger partial charge in [-0.15, -0.1) is 10.2 Å². The molecule has 0 saturated heterocycles. The van der Waals surface area contributed by atoms with Crippen LogP contribution in [0.2, 0.25) is 0 Å². The molecule has 0 fully saturated rings. The van der Waals surface area contributed by atoms with Crippen LogP contribution in [0.15, 0.2) is 134 Å². The minimum Gasteiger partial charge on any atom is -0.309 e. The van der Waals surface area contributed by atoms with E-state index < -0.39 is 0 Å². The first-order valence-electron chi connectivity index (χ1n) is 13.8. The molecule has 0 amide bonds. The number of para-hydroxylation sites is 2. The Morgan fingerprint density at radius 1 is 0.500 bits per heavy atom. The standard InChI is InChI=1S/C34H22N4.C2H6O2/c1-2-9-23(10-3-1)26-13-8-14-30-27(26)21-22-37-33(35-36-34(30)37)24-17-19-25(20-18-24)38-31-15-6-4-11-28(31)29-12-5-7-16-32(29)38;1-3-4-2/h1-22H;1-2H3. The quantitative estimate of drug-likeness (QED) is 0.163. The third-order valence-electron chi connectivity index (χ3n) is 7.65. The third-order valence-corrected chi connectivity index (χ3v) is 7.65. The van der Waals surface area contributed by atoms with Crippen LogP contribution in [0.1, 0.15) is 0 Å². The van der Waals surface area contributed by atoms with E-state index >= 15 is 0 Å². The fourth-order valence-electron chi connectivity index (χ4n) is 5.73. The van der Waals surface area contributed by atoms with Crippen molar-refractivity contribution >= 4 is 38.2 Å². The number of fused-ring (bicyclic) bond motifs is 6. The zero-order chi connectivity index (χ0) is 28.5. The van der Waals surface area contributed by atoms with Crippen molar-refractivity contribution in [2.24, 2.45) is 0 Å². The van der Waals surface area contributed by atoms with Crippen molar-refractivity contribution in [2.75, 3.05) is 14.2 Å². The van der Waals surface area contributed by atoms with Gasteiger partial charge in [0.25, 0.3) is 0 Å². The summed E-state index contributed by atoms with van der Waals surface area (Å²) in [6.45, 7) is 0. The summed E-state index contributed by atoms with van der Waals surface area (Å²) in [5, 5.41) is 14.0. The molecule has 204 valence electrons. The Morgan fingerprint density at radius 2 is 1.12 bits per heavy atom. The molecule has 0 saturated carbocycles. The lowest BCUT2D eigenvalue weighted by molar-refractivity contribution is -0.248. The van der Waals surface area contributed by atoms with Crippen molar-refractivity contribution in [1.82, 2.24) is 19.2 Å². The summed E-state index contributed by atoms with van der Waals surface area (Å²) in [6.07, 6.45) is 2.08. The highest BCUT2D eigenvalue weighted by Gasteiger charge is 2.15. The highest BCUT2D eigenvalue weighted by Crippen LogP contribution is 2.34. The molecule has 0 aliphatic heterocycles.